The van der Waals surface area contributed by atoms with E-state index in [4.69, 9.17) is 5.73 Å². The van der Waals surface area contributed by atoms with Crippen LogP contribution in [0.3, 0.4) is 0 Å². The van der Waals surface area contributed by atoms with Gasteiger partial charge in [0.2, 0.25) is 0 Å². The SMILES string of the molecule is CCC(C)C(N)CN(C)Cc1nccn1C. The van der Waals surface area contributed by atoms with Gasteiger partial charge in [0.25, 0.3) is 0 Å². The summed E-state index contributed by atoms with van der Waals surface area (Å²) in [5.41, 5.74) is 6.13. The molecule has 1 aromatic rings. The summed E-state index contributed by atoms with van der Waals surface area (Å²) in [4.78, 5) is 6.54. The van der Waals surface area contributed by atoms with Crippen LogP contribution in [0.5, 0.6) is 0 Å². The number of hydrogen-bond acceptors (Lipinski definition) is 3. The van der Waals surface area contributed by atoms with E-state index in [2.05, 4.69) is 30.8 Å². The molecule has 2 unspecified atom stereocenters. The van der Waals surface area contributed by atoms with Crippen molar-refractivity contribution < 1.29 is 0 Å². The normalized spacial score (nSPS) is 15.4. The second-order valence-electron chi connectivity index (χ2n) is 4.70. The van der Waals surface area contributed by atoms with Crippen molar-refractivity contribution in [3.8, 4) is 0 Å². The molecular formula is C12H24N4. The largest absolute Gasteiger partial charge is 0.337 e. The number of aryl methyl sites for hydroxylation is 1. The molecule has 0 bridgehead atoms. The molecule has 16 heavy (non-hydrogen) atoms. The lowest BCUT2D eigenvalue weighted by molar-refractivity contribution is 0.260. The highest BCUT2D eigenvalue weighted by Gasteiger charge is 2.14. The van der Waals surface area contributed by atoms with Crippen molar-refractivity contribution in [1.82, 2.24) is 14.5 Å². The summed E-state index contributed by atoms with van der Waals surface area (Å²) >= 11 is 0. The molecule has 2 N–H and O–H groups in total. The van der Waals surface area contributed by atoms with E-state index in [1.54, 1.807) is 0 Å². The fraction of sp³-hybridized carbons (Fsp3) is 0.750. The molecule has 2 atom stereocenters. The van der Waals surface area contributed by atoms with Gasteiger partial charge in [-0.15, -0.1) is 0 Å². The molecule has 0 aliphatic heterocycles. The van der Waals surface area contributed by atoms with Crippen LogP contribution in [-0.2, 0) is 13.6 Å². The molecule has 0 saturated carbocycles. The zero-order valence-electron chi connectivity index (χ0n) is 10.8. The van der Waals surface area contributed by atoms with Crippen LogP contribution < -0.4 is 5.73 Å². The van der Waals surface area contributed by atoms with E-state index in [1.807, 2.05) is 24.0 Å². The number of nitrogens with zero attached hydrogens (tertiary/aromatic N) is 3. The maximum atomic E-state index is 6.13. The maximum Gasteiger partial charge on any atom is 0.122 e. The molecule has 0 amide bonds. The van der Waals surface area contributed by atoms with Crippen LogP contribution >= 0.6 is 0 Å². The number of imidazole rings is 1. The summed E-state index contributed by atoms with van der Waals surface area (Å²) in [5, 5.41) is 0. The highest BCUT2D eigenvalue weighted by molar-refractivity contribution is 4.91. The van der Waals surface area contributed by atoms with Gasteiger partial charge in [-0.2, -0.15) is 0 Å². The Morgan fingerprint density at radius 3 is 2.75 bits per heavy atom. The van der Waals surface area contributed by atoms with Gasteiger partial charge in [0.15, 0.2) is 0 Å². The van der Waals surface area contributed by atoms with E-state index in [9.17, 15) is 0 Å². The van der Waals surface area contributed by atoms with Crippen molar-refractivity contribution in [2.45, 2.75) is 32.9 Å². The summed E-state index contributed by atoms with van der Waals surface area (Å²) in [6.07, 6.45) is 4.94. The molecule has 0 aliphatic rings. The molecule has 4 heteroatoms. The van der Waals surface area contributed by atoms with Crippen LogP contribution in [0, 0.1) is 5.92 Å². The summed E-state index contributed by atoms with van der Waals surface area (Å²) in [5.74, 6) is 1.66. The minimum atomic E-state index is 0.246. The Bertz CT molecular complexity index is 308. The van der Waals surface area contributed by atoms with Crippen molar-refractivity contribution in [2.24, 2.45) is 18.7 Å². The van der Waals surface area contributed by atoms with Crippen LogP contribution in [0.1, 0.15) is 26.1 Å². The number of nitrogens with two attached hydrogens (primary N) is 1. The highest BCUT2D eigenvalue weighted by Crippen LogP contribution is 2.07. The van der Waals surface area contributed by atoms with Crippen molar-refractivity contribution in [2.75, 3.05) is 13.6 Å². The lowest BCUT2D eigenvalue weighted by Crippen LogP contribution is -2.39. The minimum Gasteiger partial charge on any atom is -0.337 e. The second-order valence-corrected chi connectivity index (χ2v) is 4.70. The third kappa shape index (κ3) is 3.61. The van der Waals surface area contributed by atoms with Gasteiger partial charge in [0.1, 0.15) is 5.82 Å². The molecule has 0 saturated heterocycles. The van der Waals surface area contributed by atoms with Crippen molar-refractivity contribution >= 4 is 0 Å². The molecule has 0 spiro atoms. The third-order valence-electron chi connectivity index (χ3n) is 3.23. The zero-order chi connectivity index (χ0) is 12.1. The van der Waals surface area contributed by atoms with Gasteiger partial charge >= 0.3 is 0 Å². The lowest BCUT2D eigenvalue weighted by atomic mass is 10.00. The average Bonchev–Trinajstić information content (AvgIpc) is 2.63. The Hall–Kier alpha value is -0.870. The van der Waals surface area contributed by atoms with Crippen LogP contribution in [-0.4, -0.2) is 34.1 Å². The molecule has 0 radical (unpaired) electrons. The first kappa shape index (κ1) is 13.2. The first-order valence-electron chi connectivity index (χ1n) is 5.95. The monoisotopic (exact) mass is 224 g/mol. The van der Waals surface area contributed by atoms with Crippen LogP contribution in [0.15, 0.2) is 12.4 Å². The Kier molecular flexibility index (Phi) is 4.96. The highest BCUT2D eigenvalue weighted by atomic mass is 15.2. The quantitative estimate of drug-likeness (QED) is 0.790. The fourth-order valence-electron chi connectivity index (χ4n) is 1.70. The van der Waals surface area contributed by atoms with Crippen molar-refractivity contribution in [3.63, 3.8) is 0 Å². The Morgan fingerprint density at radius 2 is 2.25 bits per heavy atom. The Morgan fingerprint density at radius 1 is 1.56 bits per heavy atom. The van der Waals surface area contributed by atoms with E-state index in [-0.39, 0.29) is 6.04 Å². The first-order chi connectivity index (χ1) is 7.54. The standard InChI is InChI=1S/C12H24N4/c1-5-10(2)11(13)8-15(3)9-12-14-6-7-16(12)4/h6-7,10-11H,5,8-9,13H2,1-4H3. The molecule has 92 valence electrons. The first-order valence-corrected chi connectivity index (χ1v) is 5.95. The van der Waals surface area contributed by atoms with Crippen LogP contribution in [0.4, 0.5) is 0 Å². The molecule has 1 rings (SSSR count). The molecule has 0 fully saturated rings. The molecule has 1 aromatic heterocycles. The van der Waals surface area contributed by atoms with Gasteiger partial charge in [0, 0.05) is 32.0 Å². The van der Waals surface area contributed by atoms with Crippen LogP contribution in [0.25, 0.3) is 0 Å². The second kappa shape index (κ2) is 6.01. The summed E-state index contributed by atoms with van der Waals surface area (Å²) < 4.78 is 2.05. The summed E-state index contributed by atoms with van der Waals surface area (Å²) in [7, 11) is 4.11. The molecule has 4 nitrogen and oxygen atoms in total. The van der Waals surface area contributed by atoms with Gasteiger partial charge in [-0.1, -0.05) is 20.3 Å². The van der Waals surface area contributed by atoms with Gasteiger partial charge in [0.05, 0.1) is 6.54 Å². The minimum absolute atomic E-state index is 0.246. The average molecular weight is 224 g/mol. The summed E-state index contributed by atoms with van der Waals surface area (Å²) in [6.45, 7) is 6.16. The fourth-order valence-corrected chi connectivity index (χ4v) is 1.70. The lowest BCUT2D eigenvalue weighted by Gasteiger charge is -2.24. The number of rotatable bonds is 6. The summed E-state index contributed by atoms with van der Waals surface area (Å²) in [6, 6.07) is 0.246. The maximum absolute atomic E-state index is 6.13. The van der Waals surface area contributed by atoms with E-state index in [0.29, 0.717) is 5.92 Å². The number of aromatic nitrogens is 2. The predicted octanol–water partition coefficient (Wildman–Crippen LogP) is 1.23. The Labute approximate surface area is 98.5 Å². The van der Waals surface area contributed by atoms with Crippen LogP contribution in [0.2, 0.25) is 0 Å². The van der Waals surface area contributed by atoms with Gasteiger partial charge in [-0.25, -0.2) is 4.98 Å². The smallest absolute Gasteiger partial charge is 0.122 e. The van der Waals surface area contributed by atoms with E-state index >= 15 is 0 Å². The van der Waals surface area contributed by atoms with E-state index in [0.717, 1.165) is 25.3 Å². The van der Waals surface area contributed by atoms with Gasteiger partial charge < -0.3 is 10.3 Å². The predicted molar refractivity (Wildman–Crippen MR) is 67.0 cm³/mol. The van der Waals surface area contributed by atoms with E-state index < -0.39 is 0 Å². The van der Waals surface area contributed by atoms with Crippen molar-refractivity contribution in [1.29, 1.82) is 0 Å². The van der Waals surface area contributed by atoms with Gasteiger partial charge in [-0.05, 0) is 13.0 Å². The number of hydrogen-bond donors (Lipinski definition) is 1. The number of likely N-dealkylation sites (N-methyl/N-ethyl adjacent to an activating group) is 1. The molecule has 0 aromatic carbocycles. The molecule has 0 aliphatic carbocycles. The Balaban J connectivity index is 2.42. The third-order valence-corrected chi connectivity index (χ3v) is 3.23. The molecular weight excluding hydrogens is 200 g/mol. The topological polar surface area (TPSA) is 47.1 Å². The van der Waals surface area contributed by atoms with Crippen molar-refractivity contribution in [3.05, 3.63) is 18.2 Å². The zero-order valence-corrected chi connectivity index (χ0v) is 10.8. The van der Waals surface area contributed by atoms with Gasteiger partial charge in [-0.3, -0.25) is 4.90 Å². The van der Waals surface area contributed by atoms with E-state index in [1.165, 1.54) is 0 Å². The molecule has 1 heterocycles.